The monoisotopic (exact) mass is 180 g/mol. The molecule has 0 aliphatic heterocycles. The average molecular weight is 180 g/mol. The predicted molar refractivity (Wildman–Crippen MR) is 51.9 cm³/mol. The standard InChI is InChI=1S/C11H18NO/c1-5-9-8-12(13)7-6-10(9)11(2,3)4/h6-8,13H,5H2,1-4H3/q+1. The van der Waals surface area contributed by atoms with Crippen LogP contribution >= 0.6 is 0 Å². The Kier molecular flexibility index (Phi) is 2.60. The summed E-state index contributed by atoms with van der Waals surface area (Å²) < 4.78 is 1.12. The van der Waals surface area contributed by atoms with E-state index in [4.69, 9.17) is 0 Å². The Labute approximate surface area is 79.8 Å². The first-order chi connectivity index (χ1) is 5.95. The fourth-order valence-electron chi connectivity index (χ4n) is 1.54. The third-order valence-electron chi connectivity index (χ3n) is 2.22. The zero-order valence-corrected chi connectivity index (χ0v) is 8.83. The number of hydrogen-bond donors (Lipinski definition) is 1. The zero-order valence-electron chi connectivity index (χ0n) is 8.83. The van der Waals surface area contributed by atoms with Crippen LogP contribution in [0.5, 0.6) is 0 Å². The molecule has 0 saturated carbocycles. The molecule has 0 aromatic carbocycles. The van der Waals surface area contributed by atoms with Gasteiger partial charge in [0.25, 0.3) is 0 Å². The first kappa shape index (κ1) is 10.0. The maximum atomic E-state index is 9.25. The second-order valence-electron chi connectivity index (χ2n) is 4.37. The van der Waals surface area contributed by atoms with Crippen LogP contribution in [0, 0.1) is 0 Å². The number of aryl methyl sites for hydroxylation is 1. The Hall–Kier alpha value is -1.05. The van der Waals surface area contributed by atoms with E-state index in [9.17, 15) is 5.21 Å². The van der Waals surface area contributed by atoms with Crippen molar-refractivity contribution < 1.29 is 9.94 Å². The number of hydrogen-bond acceptors (Lipinski definition) is 1. The molecule has 0 amide bonds. The average Bonchev–Trinajstić information content (AvgIpc) is 2.01. The van der Waals surface area contributed by atoms with E-state index in [0.717, 1.165) is 11.2 Å². The summed E-state index contributed by atoms with van der Waals surface area (Å²) in [5, 5.41) is 9.25. The van der Waals surface area contributed by atoms with Gasteiger partial charge in [-0.1, -0.05) is 27.7 Å². The van der Waals surface area contributed by atoms with Gasteiger partial charge in [-0.15, -0.1) is 0 Å². The summed E-state index contributed by atoms with van der Waals surface area (Å²) in [6, 6.07) is 1.98. The van der Waals surface area contributed by atoms with Crippen molar-refractivity contribution >= 4 is 0 Å². The Morgan fingerprint density at radius 3 is 2.46 bits per heavy atom. The normalized spacial score (nSPS) is 11.7. The molecule has 0 atom stereocenters. The molecule has 2 nitrogen and oxygen atoms in total. The van der Waals surface area contributed by atoms with Crippen molar-refractivity contribution in [2.24, 2.45) is 0 Å². The number of nitrogens with zero attached hydrogens (tertiary/aromatic N) is 1. The van der Waals surface area contributed by atoms with Gasteiger partial charge in [0.2, 0.25) is 12.4 Å². The van der Waals surface area contributed by atoms with Crippen molar-refractivity contribution in [1.82, 2.24) is 0 Å². The van der Waals surface area contributed by atoms with E-state index in [2.05, 4.69) is 27.7 Å². The van der Waals surface area contributed by atoms with Crippen molar-refractivity contribution in [3.63, 3.8) is 0 Å². The van der Waals surface area contributed by atoms with Gasteiger partial charge in [0.15, 0.2) is 0 Å². The minimum atomic E-state index is 0.152. The molecule has 0 aliphatic rings. The molecule has 13 heavy (non-hydrogen) atoms. The largest absolute Gasteiger partial charge is 0.285 e. The van der Waals surface area contributed by atoms with E-state index in [1.165, 1.54) is 11.1 Å². The van der Waals surface area contributed by atoms with Crippen molar-refractivity contribution in [1.29, 1.82) is 0 Å². The SMILES string of the molecule is CCc1c[n+](O)ccc1C(C)(C)C. The maximum Gasteiger partial charge on any atom is 0.225 e. The highest BCUT2D eigenvalue weighted by Crippen LogP contribution is 2.24. The number of aromatic nitrogens is 1. The lowest BCUT2D eigenvalue weighted by Gasteiger charge is -2.20. The molecule has 0 unspecified atom stereocenters. The van der Waals surface area contributed by atoms with Crippen LogP contribution in [0.15, 0.2) is 18.5 Å². The van der Waals surface area contributed by atoms with Gasteiger partial charge >= 0.3 is 0 Å². The Balaban J connectivity index is 3.22. The third kappa shape index (κ3) is 2.20. The first-order valence-electron chi connectivity index (χ1n) is 4.69. The molecule has 0 aliphatic carbocycles. The van der Waals surface area contributed by atoms with Gasteiger partial charge in [0.1, 0.15) is 0 Å². The molecule has 1 aromatic heterocycles. The van der Waals surface area contributed by atoms with Crippen LogP contribution in [0.3, 0.4) is 0 Å². The van der Waals surface area contributed by atoms with Gasteiger partial charge < -0.3 is 0 Å². The van der Waals surface area contributed by atoms with Gasteiger partial charge in [0.05, 0.1) is 0 Å². The fourth-order valence-corrected chi connectivity index (χ4v) is 1.54. The summed E-state index contributed by atoms with van der Waals surface area (Å²) in [5.41, 5.74) is 2.66. The second kappa shape index (κ2) is 3.36. The minimum Gasteiger partial charge on any atom is -0.285 e. The van der Waals surface area contributed by atoms with Crippen LogP contribution in [0.1, 0.15) is 38.8 Å². The maximum absolute atomic E-state index is 9.25. The summed E-state index contributed by atoms with van der Waals surface area (Å²) in [7, 11) is 0. The highest BCUT2D eigenvalue weighted by molar-refractivity contribution is 5.28. The minimum absolute atomic E-state index is 0.152. The van der Waals surface area contributed by atoms with E-state index < -0.39 is 0 Å². The van der Waals surface area contributed by atoms with Gasteiger partial charge in [-0.25, -0.2) is 0 Å². The predicted octanol–water partition coefficient (Wildman–Crippen LogP) is 2.07. The van der Waals surface area contributed by atoms with Crippen molar-refractivity contribution in [2.75, 3.05) is 0 Å². The fraction of sp³-hybridized carbons (Fsp3) is 0.545. The van der Waals surface area contributed by atoms with Crippen LogP contribution in [0.2, 0.25) is 0 Å². The van der Waals surface area contributed by atoms with E-state index in [0.29, 0.717) is 0 Å². The van der Waals surface area contributed by atoms with Gasteiger partial charge in [-0.05, 0) is 17.4 Å². The van der Waals surface area contributed by atoms with Crippen LogP contribution in [-0.2, 0) is 11.8 Å². The Morgan fingerprint density at radius 1 is 1.38 bits per heavy atom. The highest BCUT2D eigenvalue weighted by Gasteiger charge is 2.19. The van der Waals surface area contributed by atoms with Crippen molar-refractivity contribution in [3.8, 4) is 0 Å². The molecule has 0 fully saturated rings. The topological polar surface area (TPSA) is 24.1 Å². The summed E-state index contributed by atoms with van der Waals surface area (Å²) in [4.78, 5) is 0. The van der Waals surface area contributed by atoms with Crippen LogP contribution in [0.4, 0.5) is 0 Å². The second-order valence-corrected chi connectivity index (χ2v) is 4.37. The molecule has 0 radical (unpaired) electrons. The van der Waals surface area contributed by atoms with E-state index in [1.54, 1.807) is 12.4 Å². The quantitative estimate of drug-likeness (QED) is 0.519. The highest BCUT2D eigenvalue weighted by atomic mass is 16.5. The molecule has 2 heteroatoms. The molecule has 72 valence electrons. The van der Waals surface area contributed by atoms with Gasteiger partial charge in [-0.3, -0.25) is 5.21 Å². The van der Waals surface area contributed by atoms with Crippen LogP contribution < -0.4 is 4.73 Å². The molecule has 1 rings (SSSR count). The van der Waals surface area contributed by atoms with Crippen LogP contribution in [0.25, 0.3) is 0 Å². The number of rotatable bonds is 1. The summed E-state index contributed by atoms with van der Waals surface area (Å²) in [5.74, 6) is 0. The summed E-state index contributed by atoms with van der Waals surface area (Å²) in [6.07, 6.45) is 4.41. The Bertz CT molecular complexity index is 299. The lowest BCUT2D eigenvalue weighted by molar-refractivity contribution is -0.905. The molecule has 0 spiro atoms. The van der Waals surface area contributed by atoms with E-state index >= 15 is 0 Å². The molecular weight excluding hydrogens is 162 g/mol. The first-order valence-corrected chi connectivity index (χ1v) is 4.69. The van der Waals surface area contributed by atoms with E-state index in [-0.39, 0.29) is 5.41 Å². The zero-order chi connectivity index (χ0) is 10.1. The molecule has 1 heterocycles. The number of pyridine rings is 1. The summed E-state index contributed by atoms with van der Waals surface area (Å²) in [6.45, 7) is 8.65. The molecule has 0 bridgehead atoms. The van der Waals surface area contributed by atoms with Crippen LogP contribution in [-0.4, -0.2) is 5.21 Å². The van der Waals surface area contributed by atoms with Crippen molar-refractivity contribution in [2.45, 2.75) is 39.5 Å². The third-order valence-corrected chi connectivity index (χ3v) is 2.22. The Morgan fingerprint density at radius 2 is 2.00 bits per heavy atom. The lowest BCUT2D eigenvalue weighted by atomic mass is 9.84. The molecule has 0 saturated heterocycles. The molecule has 1 N–H and O–H groups in total. The lowest BCUT2D eigenvalue weighted by Crippen LogP contribution is -2.31. The summed E-state index contributed by atoms with van der Waals surface area (Å²) >= 11 is 0. The van der Waals surface area contributed by atoms with Crippen molar-refractivity contribution in [3.05, 3.63) is 29.6 Å². The van der Waals surface area contributed by atoms with Gasteiger partial charge in [0, 0.05) is 16.4 Å². The van der Waals surface area contributed by atoms with E-state index in [1.807, 2.05) is 6.07 Å². The smallest absolute Gasteiger partial charge is 0.225 e. The van der Waals surface area contributed by atoms with Gasteiger partial charge in [-0.2, -0.15) is 0 Å². The molecular formula is C11H18NO+. The molecule has 1 aromatic rings.